The Morgan fingerprint density at radius 3 is 1.90 bits per heavy atom. The molecule has 1 aromatic rings. The number of alkyl halides is 1. The molecule has 112 valence electrons. The van der Waals surface area contributed by atoms with Crippen LogP contribution in [-0.4, -0.2) is 0 Å². The molecular weight excluding hydrogens is 264 g/mol. The van der Waals surface area contributed by atoms with Crippen LogP contribution in [0.5, 0.6) is 0 Å². The van der Waals surface area contributed by atoms with Crippen molar-refractivity contribution in [3.63, 3.8) is 0 Å². The Bertz CT molecular complexity index is 410. The molecule has 1 aliphatic rings. The zero-order chi connectivity index (χ0) is 14.8. The van der Waals surface area contributed by atoms with Crippen molar-refractivity contribution in [2.24, 2.45) is 11.3 Å². The lowest BCUT2D eigenvalue weighted by molar-refractivity contribution is 0.223. The largest absolute Gasteiger partial charge is 0.117 e. The highest BCUT2D eigenvalue weighted by Crippen LogP contribution is 2.54. The van der Waals surface area contributed by atoms with Gasteiger partial charge in [-0.25, -0.2) is 0 Å². The third kappa shape index (κ3) is 3.39. The zero-order valence-corrected chi connectivity index (χ0v) is 14.2. The predicted octanol–water partition coefficient (Wildman–Crippen LogP) is 6.70. The fourth-order valence-corrected chi connectivity index (χ4v) is 4.31. The fourth-order valence-electron chi connectivity index (χ4n) is 3.86. The monoisotopic (exact) mass is 292 g/mol. The highest BCUT2D eigenvalue weighted by atomic mass is 35.5. The van der Waals surface area contributed by atoms with Crippen LogP contribution in [0.3, 0.4) is 0 Å². The highest BCUT2D eigenvalue weighted by molar-refractivity contribution is 6.21. The van der Waals surface area contributed by atoms with Gasteiger partial charge in [0, 0.05) is 0 Å². The number of hydrogen-bond donors (Lipinski definition) is 0. The Hall–Kier alpha value is -0.490. The lowest BCUT2D eigenvalue weighted by Gasteiger charge is -2.36. The van der Waals surface area contributed by atoms with Gasteiger partial charge in [-0.2, -0.15) is 0 Å². The summed E-state index contributed by atoms with van der Waals surface area (Å²) >= 11 is 6.95. The number of halogens is 1. The van der Waals surface area contributed by atoms with Crippen LogP contribution >= 0.6 is 11.6 Å². The van der Waals surface area contributed by atoms with Crippen molar-refractivity contribution in [2.75, 3.05) is 0 Å². The van der Waals surface area contributed by atoms with E-state index >= 15 is 0 Å². The molecule has 20 heavy (non-hydrogen) atoms. The van der Waals surface area contributed by atoms with Gasteiger partial charge in [0.25, 0.3) is 0 Å². The Labute approximate surface area is 129 Å². The molecule has 0 radical (unpaired) electrons. The lowest BCUT2D eigenvalue weighted by Crippen LogP contribution is -2.24. The molecule has 0 amide bonds. The minimum Gasteiger partial charge on any atom is -0.117 e. The Balaban J connectivity index is 2.21. The average molecular weight is 293 g/mol. The standard InChI is InChI=1S/C19H29Cl/c1-14(2)13-19(11-5-6-12-19)18(20)17-9-7-16(8-10-17)15(3)4/h7-10,14-15,18H,5-6,11-13H2,1-4H3. The van der Waals surface area contributed by atoms with E-state index in [1.54, 1.807) is 0 Å². The first-order valence-corrected chi connectivity index (χ1v) is 8.62. The molecule has 0 aliphatic heterocycles. The maximum absolute atomic E-state index is 6.95. The van der Waals surface area contributed by atoms with Gasteiger partial charge in [-0.1, -0.05) is 64.8 Å². The van der Waals surface area contributed by atoms with Crippen LogP contribution < -0.4 is 0 Å². The van der Waals surface area contributed by atoms with Gasteiger partial charge >= 0.3 is 0 Å². The van der Waals surface area contributed by atoms with Crippen LogP contribution in [0.25, 0.3) is 0 Å². The molecule has 0 saturated heterocycles. The molecule has 1 unspecified atom stereocenters. The molecule has 0 N–H and O–H groups in total. The summed E-state index contributed by atoms with van der Waals surface area (Å²) in [5.41, 5.74) is 3.05. The van der Waals surface area contributed by atoms with Gasteiger partial charge < -0.3 is 0 Å². The van der Waals surface area contributed by atoms with Crippen molar-refractivity contribution < 1.29 is 0 Å². The molecule has 2 rings (SSSR count). The predicted molar refractivity (Wildman–Crippen MR) is 89.5 cm³/mol. The molecule has 1 saturated carbocycles. The van der Waals surface area contributed by atoms with E-state index in [2.05, 4.69) is 52.0 Å². The van der Waals surface area contributed by atoms with Crippen LogP contribution in [-0.2, 0) is 0 Å². The summed E-state index contributed by atoms with van der Waals surface area (Å²) in [6.45, 7) is 9.13. The van der Waals surface area contributed by atoms with Crippen molar-refractivity contribution >= 4 is 11.6 Å². The van der Waals surface area contributed by atoms with Crippen molar-refractivity contribution in [3.05, 3.63) is 35.4 Å². The van der Waals surface area contributed by atoms with Crippen LogP contribution in [0.15, 0.2) is 24.3 Å². The summed E-state index contributed by atoms with van der Waals surface area (Å²) in [7, 11) is 0. The van der Waals surface area contributed by atoms with Gasteiger partial charge in [0.2, 0.25) is 0 Å². The minimum absolute atomic E-state index is 0.175. The molecule has 1 aromatic carbocycles. The Morgan fingerprint density at radius 2 is 1.45 bits per heavy atom. The summed E-state index contributed by atoms with van der Waals surface area (Å²) in [6, 6.07) is 9.03. The molecule has 0 nitrogen and oxygen atoms in total. The van der Waals surface area contributed by atoms with Gasteiger partial charge in [0.05, 0.1) is 5.38 Å². The number of rotatable bonds is 5. The minimum atomic E-state index is 0.175. The molecule has 1 atom stereocenters. The first-order valence-electron chi connectivity index (χ1n) is 8.18. The number of benzene rings is 1. The second-order valence-electron chi connectivity index (χ2n) is 7.35. The lowest BCUT2D eigenvalue weighted by atomic mass is 9.73. The van der Waals surface area contributed by atoms with E-state index in [0.717, 1.165) is 5.92 Å². The van der Waals surface area contributed by atoms with E-state index in [-0.39, 0.29) is 5.38 Å². The first kappa shape index (κ1) is 15.9. The van der Waals surface area contributed by atoms with Crippen molar-refractivity contribution in [3.8, 4) is 0 Å². The summed E-state index contributed by atoms with van der Waals surface area (Å²) in [5.74, 6) is 1.32. The molecule has 0 aromatic heterocycles. The zero-order valence-electron chi connectivity index (χ0n) is 13.5. The third-order valence-electron chi connectivity index (χ3n) is 4.85. The summed E-state index contributed by atoms with van der Waals surface area (Å²) in [6.07, 6.45) is 6.55. The molecule has 0 heterocycles. The summed E-state index contributed by atoms with van der Waals surface area (Å²) < 4.78 is 0. The summed E-state index contributed by atoms with van der Waals surface area (Å²) in [4.78, 5) is 0. The maximum atomic E-state index is 6.95. The topological polar surface area (TPSA) is 0 Å². The van der Waals surface area contributed by atoms with E-state index < -0.39 is 0 Å². The Morgan fingerprint density at radius 1 is 0.950 bits per heavy atom. The van der Waals surface area contributed by atoms with E-state index in [1.807, 2.05) is 0 Å². The van der Waals surface area contributed by atoms with E-state index in [9.17, 15) is 0 Å². The third-order valence-corrected chi connectivity index (χ3v) is 5.56. The second kappa shape index (κ2) is 6.52. The quantitative estimate of drug-likeness (QED) is 0.530. The van der Waals surface area contributed by atoms with Crippen molar-refractivity contribution in [2.45, 2.75) is 71.1 Å². The van der Waals surface area contributed by atoms with Gasteiger partial charge in [-0.3, -0.25) is 0 Å². The molecule has 1 fully saturated rings. The van der Waals surface area contributed by atoms with E-state index in [4.69, 9.17) is 11.6 Å². The Kier molecular flexibility index (Phi) is 5.18. The number of hydrogen-bond acceptors (Lipinski definition) is 0. The maximum Gasteiger partial charge on any atom is 0.0641 e. The molecular formula is C19H29Cl. The average Bonchev–Trinajstić information content (AvgIpc) is 2.87. The molecule has 1 heteroatoms. The SMILES string of the molecule is CC(C)CC1(C(Cl)c2ccc(C(C)C)cc2)CCCC1. The van der Waals surface area contributed by atoms with Crippen LogP contribution in [0, 0.1) is 11.3 Å². The first-order chi connectivity index (χ1) is 9.44. The normalized spacial score (nSPS) is 19.8. The van der Waals surface area contributed by atoms with E-state index in [0.29, 0.717) is 11.3 Å². The van der Waals surface area contributed by atoms with Crippen LogP contribution in [0.2, 0.25) is 0 Å². The summed E-state index contributed by atoms with van der Waals surface area (Å²) in [5, 5.41) is 0.175. The van der Waals surface area contributed by atoms with E-state index in [1.165, 1.54) is 43.2 Å². The van der Waals surface area contributed by atoms with Crippen LogP contribution in [0.4, 0.5) is 0 Å². The smallest absolute Gasteiger partial charge is 0.0641 e. The highest BCUT2D eigenvalue weighted by Gasteiger charge is 2.41. The van der Waals surface area contributed by atoms with Gasteiger partial charge in [-0.05, 0) is 47.6 Å². The van der Waals surface area contributed by atoms with Gasteiger partial charge in [0.1, 0.15) is 0 Å². The molecule has 0 spiro atoms. The van der Waals surface area contributed by atoms with Crippen molar-refractivity contribution in [1.29, 1.82) is 0 Å². The molecule has 0 bridgehead atoms. The van der Waals surface area contributed by atoms with Gasteiger partial charge in [0.15, 0.2) is 0 Å². The van der Waals surface area contributed by atoms with Crippen LogP contribution in [0.1, 0.15) is 82.2 Å². The van der Waals surface area contributed by atoms with Gasteiger partial charge in [-0.15, -0.1) is 11.6 Å². The second-order valence-corrected chi connectivity index (χ2v) is 7.79. The van der Waals surface area contributed by atoms with Crippen molar-refractivity contribution in [1.82, 2.24) is 0 Å². The fraction of sp³-hybridized carbons (Fsp3) is 0.684. The molecule has 1 aliphatic carbocycles.